The van der Waals surface area contributed by atoms with Crippen LogP contribution in [0.15, 0.2) is 42.5 Å². The van der Waals surface area contributed by atoms with Gasteiger partial charge >= 0.3 is 0 Å². The van der Waals surface area contributed by atoms with Crippen LogP contribution < -0.4 is 10.2 Å². The van der Waals surface area contributed by atoms with Crippen LogP contribution in [0.1, 0.15) is 0 Å². The first kappa shape index (κ1) is 10.8. The Labute approximate surface area is 104 Å². The molecular formula is C14H12N2O2. The van der Waals surface area contributed by atoms with Crippen molar-refractivity contribution in [2.75, 3.05) is 18.0 Å². The number of amides is 2. The van der Waals surface area contributed by atoms with Crippen LogP contribution in [0.25, 0.3) is 10.8 Å². The van der Waals surface area contributed by atoms with Gasteiger partial charge in [-0.25, -0.2) is 0 Å². The Morgan fingerprint density at radius 2 is 1.78 bits per heavy atom. The summed E-state index contributed by atoms with van der Waals surface area (Å²) in [6.07, 6.45) is 0. The van der Waals surface area contributed by atoms with Crippen LogP contribution in [0, 0.1) is 0 Å². The topological polar surface area (TPSA) is 49.4 Å². The number of nitrogens with zero attached hydrogens (tertiary/aromatic N) is 1. The van der Waals surface area contributed by atoms with Crippen LogP contribution in [0.5, 0.6) is 0 Å². The molecule has 2 aromatic rings. The van der Waals surface area contributed by atoms with Gasteiger partial charge in [0.05, 0.1) is 6.54 Å². The van der Waals surface area contributed by atoms with E-state index in [1.54, 1.807) is 0 Å². The molecule has 4 nitrogen and oxygen atoms in total. The fourth-order valence-corrected chi connectivity index (χ4v) is 2.14. The molecule has 4 heteroatoms. The lowest BCUT2D eigenvalue weighted by Crippen LogP contribution is -2.51. The van der Waals surface area contributed by atoms with Gasteiger partial charge in [-0.05, 0) is 22.9 Å². The number of hydrogen-bond acceptors (Lipinski definition) is 2. The Hall–Kier alpha value is -2.36. The van der Waals surface area contributed by atoms with Crippen molar-refractivity contribution in [3.8, 4) is 0 Å². The van der Waals surface area contributed by atoms with Crippen molar-refractivity contribution in [2.45, 2.75) is 0 Å². The highest BCUT2D eigenvalue weighted by atomic mass is 16.2. The molecule has 0 bridgehead atoms. The fraction of sp³-hybridized carbons (Fsp3) is 0.143. The van der Waals surface area contributed by atoms with Gasteiger partial charge in [-0.15, -0.1) is 0 Å². The number of anilines is 1. The first-order valence-electron chi connectivity index (χ1n) is 5.80. The van der Waals surface area contributed by atoms with Crippen molar-refractivity contribution in [1.29, 1.82) is 0 Å². The summed E-state index contributed by atoms with van der Waals surface area (Å²) in [7, 11) is 0. The molecule has 1 aliphatic rings. The largest absolute Gasteiger partial charge is 0.345 e. The van der Waals surface area contributed by atoms with Crippen LogP contribution in [-0.2, 0) is 9.59 Å². The Morgan fingerprint density at radius 1 is 1.00 bits per heavy atom. The zero-order chi connectivity index (χ0) is 12.5. The average Bonchev–Trinajstić information content (AvgIpc) is 2.41. The third-order valence-electron chi connectivity index (χ3n) is 3.08. The molecule has 1 N–H and O–H groups in total. The van der Waals surface area contributed by atoms with E-state index >= 15 is 0 Å². The first-order valence-corrected chi connectivity index (χ1v) is 5.80. The van der Waals surface area contributed by atoms with Crippen LogP contribution >= 0.6 is 0 Å². The van der Waals surface area contributed by atoms with Gasteiger partial charge in [-0.2, -0.15) is 0 Å². The van der Waals surface area contributed by atoms with Crippen molar-refractivity contribution in [3.63, 3.8) is 0 Å². The van der Waals surface area contributed by atoms with E-state index < -0.39 is 0 Å². The van der Waals surface area contributed by atoms with Crippen molar-refractivity contribution in [2.24, 2.45) is 0 Å². The molecule has 1 heterocycles. The molecule has 2 aromatic carbocycles. The smallest absolute Gasteiger partial charge is 0.246 e. The zero-order valence-electron chi connectivity index (χ0n) is 9.72. The van der Waals surface area contributed by atoms with E-state index in [9.17, 15) is 9.59 Å². The van der Waals surface area contributed by atoms with Gasteiger partial charge in [-0.1, -0.05) is 30.3 Å². The maximum atomic E-state index is 11.8. The minimum absolute atomic E-state index is 0.0751. The van der Waals surface area contributed by atoms with Gasteiger partial charge < -0.3 is 10.2 Å². The van der Waals surface area contributed by atoms with Gasteiger partial charge in [0.1, 0.15) is 6.54 Å². The Bertz CT molecular complexity index is 636. The van der Waals surface area contributed by atoms with E-state index in [0.29, 0.717) is 0 Å². The quantitative estimate of drug-likeness (QED) is 0.816. The van der Waals surface area contributed by atoms with E-state index in [1.165, 1.54) is 4.90 Å². The highest BCUT2D eigenvalue weighted by Crippen LogP contribution is 2.22. The third-order valence-corrected chi connectivity index (χ3v) is 3.08. The summed E-state index contributed by atoms with van der Waals surface area (Å²) in [4.78, 5) is 24.7. The molecular weight excluding hydrogens is 228 g/mol. The number of fused-ring (bicyclic) bond motifs is 1. The predicted octanol–water partition coefficient (Wildman–Crippen LogP) is 1.30. The molecule has 1 aliphatic heterocycles. The van der Waals surface area contributed by atoms with Gasteiger partial charge in [0.25, 0.3) is 0 Å². The number of carbonyl (C=O) groups is 2. The maximum absolute atomic E-state index is 11.8. The van der Waals surface area contributed by atoms with Crippen LogP contribution in [0.4, 0.5) is 5.69 Å². The molecule has 1 saturated heterocycles. The minimum atomic E-state index is -0.122. The Morgan fingerprint density at radius 3 is 2.61 bits per heavy atom. The Kier molecular flexibility index (Phi) is 2.48. The zero-order valence-corrected chi connectivity index (χ0v) is 9.72. The van der Waals surface area contributed by atoms with Crippen molar-refractivity contribution in [3.05, 3.63) is 42.5 Å². The van der Waals surface area contributed by atoms with E-state index in [1.807, 2.05) is 42.5 Å². The number of carbonyl (C=O) groups excluding carboxylic acids is 2. The molecule has 90 valence electrons. The first-order chi connectivity index (χ1) is 8.74. The SMILES string of the molecule is O=C1CN(c2ccc3ccccc3c2)C(=O)CN1. The van der Waals surface area contributed by atoms with Gasteiger partial charge in [0, 0.05) is 5.69 Å². The fourth-order valence-electron chi connectivity index (χ4n) is 2.14. The predicted molar refractivity (Wildman–Crippen MR) is 69.3 cm³/mol. The third kappa shape index (κ3) is 1.82. The number of nitrogens with one attached hydrogen (secondary N) is 1. The van der Waals surface area contributed by atoms with Crippen molar-refractivity contribution >= 4 is 28.3 Å². The second kappa shape index (κ2) is 4.14. The van der Waals surface area contributed by atoms with E-state index in [2.05, 4.69) is 5.32 Å². The summed E-state index contributed by atoms with van der Waals surface area (Å²) in [5.74, 6) is -0.201. The molecule has 0 unspecified atom stereocenters. The van der Waals surface area contributed by atoms with E-state index in [-0.39, 0.29) is 24.9 Å². The number of hydrogen-bond donors (Lipinski definition) is 1. The summed E-state index contributed by atoms with van der Waals surface area (Å²) in [5, 5.41) is 4.72. The molecule has 2 amide bonds. The van der Waals surface area contributed by atoms with Gasteiger partial charge in [0.15, 0.2) is 0 Å². The molecule has 0 saturated carbocycles. The second-order valence-corrected chi connectivity index (χ2v) is 4.29. The minimum Gasteiger partial charge on any atom is -0.345 e. The Balaban J connectivity index is 2.03. The highest BCUT2D eigenvalue weighted by molar-refractivity contribution is 6.05. The summed E-state index contributed by atoms with van der Waals surface area (Å²) in [6.45, 7) is 0.169. The molecule has 18 heavy (non-hydrogen) atoms. The summed E-state index contributed by atoms with van der Waals surface area (Å²) < 4.78 is 0. The van der Waals surface area contributed by atoms with E-state index in [0.717, 1.165) is 16.5 Å². The van der Waals surface area contributed by atoms with Gasteiger partial charge in [-0.3, -0.25) is 9.59 Å². The molecule has 1 fully saturated rings. The number of rotatable bonds is 1. The lowest BCUT2D eigenvalue weighted by Gasteiger charge is -2.26. The summed E-state index contributed by atoms with van der Waals surface area (Å²) in [5.41, 5.74) is 0.772. The molecule has 0 atom stereocenters. The lowest BCUT2D eigenvalue weighted by molar-refractivity contribution is -0.128. The van der Waals surface area contributed by atoms with E-state index in [4.69, 9.17) is 0 Å². The standard InChI is InChI=1S/C14H12N2O2/c17-13-9-16(14(18)8-15-13)12-6-5-10-3-1-2-4-11(10)7-12/h1-7H,8-9H2,(H,15,17). The van der Waals surface area contributed by atoms with Crippen molar-refractivity contribution in [1.82, 2.24) is 5.32 Å². The second-order valence-electron chi connectivity index (χ2n) is 4.29. The van der Waals surface area contributed by atoms with Gasteiger partial charge in [0.2, 0.25) is 11.8 Å². The highest BCUT2D eigenvalue weighted by Gasteiger charge is 2.24. The molecule has 0 aromatic heterocycles. The summed E-state index contributed by atoms with van der Waals surface area (Å²) >= 11 is 0. The monoisotopic (exact) mass is 240 g/mol. The van der Waals surface area contributed by atoms with Crippen LogP contribution in [-0.4, -0.2) is 24.9 Å². The van der Waals surface area contributed by atoms with Crippen LogP contribution in [0.3, 0.4) is 0 Å². The van der Waals surface area contributed by atoms with Crippen molar-refractivity contribution < 1.29 is 9.59 Å². The maximum Gasteiger partial charge on any atom is 0.246 e. The normalized spacial score (nSPS) is 15.9. The van der Waals surface area contributed by atoms with Crippen LogP contribution in [0.2, 0.25) is 0 Å². The average molecular weight is 240 g/mol. The molecule has 0 spiro atoms. The summed E-state index contributed by atoms with van der Waals surface area (Å²) in [6, 6.07) is 13.7. The lowest BCUT2D eigenvalue weighted by atomic mass is 10.1. The number of benzene rings is 2. The molecule has 0 aliphatic carbocycles. The number of piperazine rings is 1. The molecule has 0 radical (unpaired) electrons. The molecule has 3 rings (SSSR count).